The second-order valence-corrected chi connectivity index (χ2v) is 6.63. The molecule has 0 aromatic heterocycles. The van der Waals surface area contributed by atoms with Gasteiger partial charge in [0.05, 0.1) is 0 Å². The highest BCUT2D eigenvalue weighted by Gasteiger charge is 2.31. The summed E-state index contributed by atoms with van der Waals surface area (Å²) in [5, 5.41) is 3.68. The molecule has 2 heterocycles. The molecule has 0 aliphatic carbocycles. The molecule has 1 aromatic carbocycles. The van der Waals surface area contributed by atoms with Gasteiger partial charge in [-0.15, -0.1) is 0 Å². The predicted molar refractivity (Wildman–Crippen MR) is 83.8 cm³/mol. The minimum absolute atomic E-state index is 0.363. The number of piperazine rings is 1. The Bertz CT molecular complexity index is 404. The van der Waals surface area contributed by atoms with Gasteiger partial charge < -0.3 is 5.32 Å². The first kappa shape index (κ1) is 14.1. The number of nitrogens with one attached hydrogen (secondary N) is 1. The minimum atomic E-state index is 0.363. The van der Waals surface area contributed by atoms with Gasteiger partial charge in [0.2, 0.25) is 0 Å². The number of nitrogens with zero attached hydrogens (tertiary/aromatic N) is 2. The molecule has 0 amide bonds. The van der Waals surface area contributed by atoms with E-state index in [1.54, 1.807) is 0 Å². The maximum atomic E-state index is 3.68. The molecule has 0 radical (unpaired) electrons. The van der Waals surface area contributed by atoms with E-state index in [-0.39, 0.29) is 0 Å². The average molecular weight is 273 g/mol. The molecule has 0 saturated carbocycles. The summed E-state index contributed by atoms with van der Waals surface area (Å²) in [5.74, 6) is 0. The van der Waals surface area contributed by atoms with Crippen LogP contribution in [0.3, 0.4) is 0 Å². The third-order valence-electron chi connectivity index (χ3n) is 4.74. The van der Waals surface area contributed by atoms with Crippen LogP contribution in [0.1, 0.15) is 25.3 Å². The van der Waals surface area contributed by atoms with Crippen molar-refractivity contribution in [3.8, 4) is 0 Å². The first-order chi connectivity index (χ1) is 9.73. The zero-order valence-electron chi connectivity index (χ0n) is 12.6. The van der Waals surface area contributed by atoms with Crippen molar-refractivity contribution in [2.24, 2.45) is 0 Å². The molecular formula is C17H27N3. The van der Waals surface area contributed by atoms with E-state index in [2.05, 4.69) is 52.4 Å². The molecular weight excluding hydrogens is 246 g/mol. The van der Waals surface area contributed by atoms with Gasteiger partial charge in [0.1, 0.15) is 0 Å². The molecule has 1 unspecified atom stereocenters. The Morgan fingerprint density at radius 1 is 1.05 bits per heavy atom. The van der Waals surface area contributed by atoms with E-state index in [1.807, 2.05) is 0 Å². The Labute approximate surface area is 123 Å². The average Bonchev–Trinajstić information content (AvgIpc) is 2.89. The van der Waals surface area contributed by atoms with Gasteiger partial charge in [0, 0.05) is 44.8 Å². The van der Waals surface area contributed by atoms with Crippen LogP contribution in [0.5, 0.6) is 0 Å². The maximum Gasteiger partial charge on any atom is 0.0280 e. The van der Waals surface area contributed by atoms with Crippen LogP contribution in [0.25, 0.3) is 0 Å². The van der Waals surface area contributed by atoms with Crippen LogP contribution in [-0.2, 0) is 6.54 Å². The fourth-order valence-corrected chi connectivity index (χ4v) is 3.53. The van der Waals surface area contributed by atoms with Gasteiger partial charge >= 0.3 is 0 Å². The van der Waals surface area contributed by atoms with Crippen LogP contribution in [0, 0.1) is 0 Å². The van der Waals surface area contributed by atoms with Gasteiger partial charge in [-0.05, 0) is 31.9 Å². The van der Waals surface area contributed by atoms with E-state index in [0.717, 1.165) is 6.54 Å². The normalized spacial score (nSPS) is 28.9. The summed E-state index contributed by atoms with van der Waals surface area (Å²) < 4.78 is 0. The summed E-state index contributed by atoms with van der Waals surface area (Å²) in [6.45, 7) is 10.7. The molecule has 2 fully saturated rings. The molecule has 20 heavy (non-hydrogen) atoms. The highest BCUT2D eigenvalue weighted by atomic mass is 15.3. The number of rotatable bonds is 4. The van der Waals surface area contributed by atoms with Crippen LogP contribution < -0.4 is 5.32 Å². The largest absolute Gasteiger partial charge is 0.310 e. The van der Waals surface area contributed by atoms with E-state index >= 15 is 0 Å². The SMILES string of the molecule is CC1(CN2CCN(Cc3ccccc3)CC2)CCCN1. The highest BCUT2D eigenvalue weighted by molar-refractivity contribution is 5.14. The molecule has 0 spiro atoms. The van der Waals surface area contributed by atoms with Gasteiger partial charge in [0.25, 0.3) is 0 Å². The molecule has 2 aliphatic rings. The summed E-state index contributed by atoms with van der Waals surface area (Å²) in [5.41, 5.74) is 1.80. The van der Waals surface area contributed by atoms with Crippen molar-refractivity contribution in [1.82, 2.24) is 15.1 Å². The molecule has 110 valence electrons. The Morgan fingerprint density at radius 2 is 1.75 bits per heavy atom. The molecule has 1 aromatic rings. The molecule has 3 nitrogen and oxygen atoms in total. The van der Waals surface area contributed by atoms with E-state index < -0.39 is 0 Å². The van der Waals surface area contributed by atoms with Gasteiger partial charge in [-0.1, -0.05) is 30.3 Å². The monoisotopic (exact) mass is 273 g/mol. The first-order valence-electron chi connectivity index (χ1n) is 7.97. The quantitative estimate of drug-likeness (QED) is 0.904. The van der Waals surface area contributed by atoms with Gasteiger partial charge in [0.15, 0.2) is 0 Å². The predicted octanol–water partition coefficient (Wildman–Crippen LogP) is 1.95. The minimum Gasteiger partial charge on any atom is -0.310 e. The van der Waals surface area contributed by atoms with Crippen molar-refractivity contribution < 1.29 is 0 Å². The fourth-order valence-electron chi connectivity index (χ4n) is 3.53. The van der Waals surface area contributed by atoms with Crippen LogP contribution in [0.4, 0.5) is 0 Å². The topological polar surface area (TPSA) is 18.5 Å². The first-order valence-corrected chi connectivity index (χ1v) is 7.97. The molecule has 2 saturated heterocycles. The van der Waals surface area contributed by atoms with Gasteiger partial charge in [-0.25, -0.2) is 0 Å². The standard InChI is InChI=1S/C17H27N3/c1-17(8-5-9-18-17)15-20-12-10-19(11-13-20)14-16-6-3-2-4-7-16/h2-4,6-7,18H,5,8-15H2,1H3. The fraction of sp³-hybridized carbons (Fsp3) is 0.647. The van der Waals surface area contributed by atoms with Crippen LogP contribution in [0.15, 0.2) is 30.3 Å². The van der Waals surface area contributed by atoms with E-state index in [0.29, 0.717) is 5.54 Å². The second kappa shape index (κ2) is 6.25. The number of hydrogen-bond acceptors (Lipinski definition) is 3. The third-order valence-corrected chi connectivity index (χ3v) is 4.74. The molecule has 1 atom stereocenters. The highest BCUT2D eigenvalue weighted by Crippen LogP contribution is 2.20. The van der Waals surface area contributed by atoms with Crippen molar-refractivity contribution in [3.63, 3.8) is 0 Å². The van der Waals surface area contributed by atoms with Crippen LogP contribution in [-0.4, -0.2) is 54.6 Å². The lowest BCUT2D eigenvalue weighted by atomic mass is 9.99. The van der Waals surface area contributed by atoms with E-state index in [1.165, 1.54) is 57.7 Å². The zero-order chi connectivity index (χ0) is 13.8. The number of benzene rings is 1. The van der Waals surface area contributed by atoms with Crippen molar-refractivity contribution in [2.45, 2.75) is 31.8 Å². The van der Waals surface area contributed by atoms with Gasteiger partial charge in [-0.3, -0.25) is 9.80 Å². The van der Waals surface area contributed by atoms with Gasteiger partial charge in [-0.2, -0.15) is 0 Å². The lowest BCUT2D eigenvalue weighted by Gasteiger charge is -2.39. The Balaban J connectivity index is 1.45. The van der Waals surface area contributed by atoms with Crippen molar-refractivity contribution >= 4 is 0 Å². The molecule has 2 aliphatic heterocycles. The van der Waals surface area contributed by atoms with Crippen molar-refractivity contribution in [2.75, 3.05) is 39.3 Å². The Hall–Kier alpha value is -0.900. The summed E-state index contributed by atoms with van der Waals surface area (Å²) in [4.78, 5) is 5.22. The van der Waals surface area contributed by atoms with E-state index in [9.17, 15) is 0 Å². The maximum absolute atomic E-state index is 3.68. The third kappa shape index (κ3) is 3.60. The Kier molecular flexibility index (Phi) is 4.39. The molecule has 1 N–H and O–H groups in total. The summed E-state index contributed by atoms with van der Waals surface area (Å²) in [6.07, 6.45) is 2.67. The molecule has 0 bridgehead atoms. The summed E-state index contributed by atoms with van der Waals surface area (Å²) in [7, 11) is 0. The second-order valence-electron chi connectivity index (χ2n) is 6.63. The van der Waals surface area contributed by atoms with Crippen LogP contribution in [0.2, 0.25) is 0 Å². The number of hydrogen-bond donors (Lipinski definition) is 1. The Morgan fingerprint density at radius 3 is 2.40 bits per heavy atom. The molecule has 3 heteroatoms. The summed E-state index contributed by atoms with van der Waals surface area (Å²) >= 11 is 0. The summed E-state index contributed by atoms with van der Waals surface area (Å²) in [6, 6.07) is 10.8. The zero-order valence-corrected chi connectivity index (χ0v) is 12.6. The van der Waals surface area contributed by atoms with Crippen LogP contribution >= 0.6 is 0 Å². The van der Waals surface area contributed by atoms with Crippen molar-refractivity contribution in [1.29, 1.82) is 0 Å². The lowest BCUT2D eigenvalue weighted by Crippen LogP contribution is -2.53. The lowest BCUT2D eigenvalue weighted by molar-refractivity contribution is 0.104. The molecule has 3 rings (SSSR count). The van der Waals surface area contributed by atoms with Crippen molar-refractivity contribution in [3.05, 3.63) is 35.9 Å². The van der Waals surface area contributed by atoms with E-state index in [4.69, 9.17) is 0 Å². The smallest absolute Gasteiger partial charge is 0.0280 e.